The smallest absolute Gasteiger partial charge is 0.229 e. The zero-order valence-electron chi connectivity index (χ0n) is 13.3. The molecule has 2 aliphatic rings. The number of carbonyl (C=O) groups excluding carboxylic acids is 2. The minimum Gasteiger partial charge on any atom is -0.436 e. The van der Waals surface area contributed by atoms with Crippen molar-refractivity contribution in [2.75, 3.05) is 0 Å². The summed E-state index contributed by atoms with van der Waals surface area (Å²) in [6.45, 7) is 0. The number of benzene rings is 2. The van der Waals surface area contributed by atoms with Crippen LogP contribution in [0.5, 0.6) is 0 Å². The summed E-state index contributed by atoms with van der Waals surface area (Å²) >= 11 is 0. The van der Waals surface area contributed by atoms with Gasteiger partial charge in [0.15, 0.2) is 11.5 Å². The molecular weight excluding hydrogens is 335 g/mol. The number of rotatable bonds is 1. The zero-order chi connectivity index (χ0) is 18.4. The van der Waals surface area contributed by atoms with Crippen LogP contribution >= 0.6 is 0 Å². The summed E-state index contributed by atoms with van der Waals surface area (Å²) in [6.07, 6.45) is 0. The van der Waals surface area contributed by atoms with E-state index in [9.17, 15) is 19.2 Å². The molecule has 4 rings (SSSR count). The van der Waals surface area contributed by atoms with Gasteiger partial charge in [0.25, 0.3) is 0 Å². The van der Waals surface area contributed by atoms with Crippen LogP contribution in [0, 0.1) is 17.1 Å². The highest BCUT2D eigenvalue weighted by molar-refractivity contribution is 6.27. The molecule has 126 valence electrons. The molecule has 1 aliphatic carbocycles. The molecule has 0 fully saturated rings. The average molecular weight is 346 g/mol. The van der Waals surface area contributed by atoms with E-state index >= 15 is 0 Å². The molecule has 0 spiro atoms. The SMILES string of the molecule is N#CC1=C(N)OC2=C(C(=O)c3ccccc3C2=O)[C@H]1c1ccc(F)cc1. The third kappa shape index (κ3) is 2.15. The summed E-state index contributed by atoms with van der Waals surface area (Å²) in [6, 6.07) is 13.7. The number of halogens is 1. The molecule has 1 aliphatic heterocycles. The number of ketones is 2. The van der Waals surface area contributed by atoms with Crippen molar-refractivity contribution in [1.82, 2.24) is 0 Å². The van der Waals surface area contributed by atoms with Crippen LogP contribution in [-0.4, -0.2) is 11.6 Å². The van der Waals surface area contributed by atoms with Gasteiger partial charge in [0.1, 0.15) is 17.5 Å². The first-order chi connectivity index (χ1) is 12.5. The van der Waals surface area contributed by atoms with Crippen molar-refractivity contribution in [2.24, 2.45) is 5.73 Å². The molecule has 0 saturated heterocycles. The Bertz CT molecular complexity index is 1070. The van der Waals surface area contributed by atoms with Crippen molar-refractivity contribution >= 4 is 11.6 Å². The van der Waals surface area contributed by atoms with Gasteiger partial charge in [-0.25, -0.2) is 4.39 Å². The highest BCUT2D eigenvalue weighted by Crippen LogP contribution is 2.43. The molecule has 26 heavy (non-hydrogen) atoms. The summed E-state index contributed by atoms with van der Waals surface area (Å²) in [7, 11) is 0. The highest BCUT2D eigenvalue weighted by Gasteiger charge is 2.43. The van der Waals surface area contributed by atoms with Crippen LogP contribution in [0.4, 0.5) is 4.39 Å². The number of nitriles is 1. The van der Waals surface area contributed by atoms with E-state index in [4.69, 9.17) is 10.5 Å². The van der Waals surface area contributed by atoms with Crippen molar-refractivity contribution in [1.29, 1.82) is 5.26 Å². The molecule has 2 N–H and O–H groups in total. The van der Waals surface area contributed by atoms with E-state index in [2.05, 4.69) is 0 Å². The Kier molecular flexibility index (Phi) is 3.44. The Hall–Kier alpha value is -3.72. The van der Waals surface area contributed by atoms with Gasteiger partial charge in [0.2, 0.25) is 11.7 Å². The van der Waals surface area contributed by atoms with Gasteiger partial charge < -0.3 is 10.5 Å². The van der Waals surface area contributed by atoms with E-state index in [1.165, 1.54) is 30.3 Å². The fraction of sp³-hybridized carbons (Fsp3) is 0.0500. The van der Waals surface area contributed by atoms with Crippen molar-refractivity contribution in [2.45, 2.75) is 5.92 Å². The van der Waals surface area contributed by atoms with Crippen LogP contribution in [0.25, 0.3) is 0 Å². The molecule has 6 heteroatoms. The summed E-state index contributed by atoms with van der Waals surface area (Å²) < 4.78 is 18.7. The minimum atomic E-state index is -0.894. The first-order valence-corrected chi connectivity index (χ1v) is 7.78. The summed E-state index contributed by atoms with van der Waals surface area (Å²) in [5.41, 5.74) is 6.84. The fourth-order valence-corrected chi connectivity index (χ4v) is 3.30. The Labute approximate surface area is 147 Å². The van der Waals surface area contributed by atoms with Crippen molar-refractivity contribution in [3.05, 3.63) is 93.8 Å². The molecule has 0 amide bonds. The molecule has 0 aromatic heterocycles. The van der Waals surface area contributed by atoms with Crippen molar-refractivity contribution in [3.8, 4) is 6.07 Å². The van der Waals surface area contributed by atoms with Gasteiger partial charge in [-0.1, -0.05) is 36.4 Å². The van der Waals surface area contributed by atoms with Crippen molar-refractivity contribution < 1.29 is 18.7 Å². The second kappa shape index (κ2) is 5.67. The number of nitrogens with two attached hydrogens (primary N) is 1. The second-order valence-electron chi connectivity index (χ2n) is 5.92. The molecule has 2 aromatic rings. The van der Waals surface area contributed by atoms with E-state index in [1.54, 1.807) is 18.2 Å². The summed E-state index contributed by atoms with van der Waals surface area (Å²) in [4.78, 5) is 25.9. The fourth-order valence-electron chi connectivity index (χ4n) is 3.30. The van der Waals surface area contributed by atoms with Crippen LogP contribution < -0.4 is 5.73 Å². The standard InChI is InChI=1S/C20H11FN2O3/c21-11-7-5-10(6-8-11)15-14(9-22)20(23)26-19-16(15)17(24)12-3-1-2-4-13(12)18(19)25/h1-8,15H,23H2/t15-/m0/s1. The van der Waals surface area contributed by atoms with Gasteiger partial charge in [0, 0.05) is 11.1 Å². The Morgan fingerprint density at radius 2 is 1.62 bits per heavy atom. The predicted octanol–water partition coefficient (Wildman–Crippen LogP) is 2.97. The lowest BCUT2D eigenvalue weighted by Crippen LogP contribution is -2.32. The monoisotopic (exact) mass is 346 g/mol. The molecule has 2 aromatic carbocycles. The summed E-state index contributed by atoms with van der Waals surface area (Å²) in [5, 5.41) is 9.52. The number of allylic oxidation sites excluding steroid dienone is 3. The Morgan fingerprint density at radius 1 is 1.00 bits per heavy atom. The van der Waals surface area contributed by atoms with Gasteiger partial charge in [-0.3, -0.25) is 9.59 Å². The molecule has 0 unspecified atom stereocenters. The van der Waals surface area contributed by atoms with Gasteiger partial charge >= 0.3 is 0 Å². The van der Waals surface area contributed by atoms with Gasteiger partial charge in [-0.2, -0.15) is 5.26 Å². The number of hydrogen-bond acceptors (Lipinski definition) is 5. The van der Waals surface area contributed by atoms with Gasteiger partial charge in [-0.15, -0.1) is 0 Å². The predicted molar refractivity (Wildman–Crippen MR) is 89.2 cm³/mol. The van der Waals surface area contributed by atoms with E-state index in [1.807, 2.05) is 6.07 Å². The number of Topliss-reactive ketones (excluding diaryl/α,β-unsaturated/α-hetero) is 2. The van der Waals surface area contributed by atoms with E-state index < -0.39 is 23.3 Å². The maximum absolute atomic E-state index is 13.3. The number of fused-ring (bicyclic) bond motifs is 1. The van der Waals surface area contributed by atoms with E-state index in [0.717, 1.165) is 0 Å². The molecule has 0 radical (unpaired) electrons. The zero-order valence-corrected chi connectivity index (χ0v) is 13.3. The molecular formula is C20H11FN2O3. The average Bonchev–Trinajstić information content (AvgIpc) is 2.66. The number of ether oxygens (including phenoxy) is 1. The lowest BCUT2D eigenvalue weighted by atomic mass is 9.75. The van der Waals surface area contributed by atoms with Gasteiger partial charge in [-0.05, 0) is 17.7 Å². The quantitative estimate of drug-likeness (QED) is 0.857. The van der Waals surface area contributed by atoms with E-state index in [0.29, 0.717) is 5.56 Å². The van der Waals surface area contributed by atoms with Crippen LogP contribution in [0.15, 0.2) is 71.3 Å². The Morgan fingerprint density at radius 3 is 2.23 bits per heavy atom. The molecule has 1 atom stereocenters. The van der Waals surface area contributed by atoms with Crippen LogP contribution in [-0.2, 0) is 4.74 Å². The molecule has 5 nitrogen and oxygen atoms in total. The number of nitrogens with zero attached hydrogens (tertiary/aromatic N) is 1. The first kappa shape index (κ1) is 15.8. The van der Waals surface area contributed by atoms with E-state index in [-0.39, 0.29) is 33.9 Å². The second-order valence-corrected chi connectivity index (χ2v) is 5.92. The largest absolute Gasteiger partial charge is 0.436 e. The van der Waals surface area contributed by atoms with Crippen LogP contribution in [0.1, 0.15) is 32.2 Å². The Balaban J connectivity index is 1.97. The normalized spacial score (nSPS) is 18.8. The third-order valence-corrected chi connectivity index (χ3v) is 4.49. The number of carbonyl (C=O) groups is 2. The third-order valence-electron chi connectivity index (χ3n) is 4.49. The maximum Gasteiger partial charge on any atom is 0.229 e. The molecule has 0 saturated carbocycles. The lowest BCUT2D eigenvalue weighted by Gasteiger charge is -2.30. The molecule has 0 bridgehead atoms. The lowest BCUT2D eigenvalue weighted by molar-refractivity contribution is 0.0897. The highest BCUT2D eigenvalue weighted by atomic mass is 19.1. The first-order valence-electron chi connectivity index (χ1n) is 7.78. The van der Waals surface area contributed by atoms with Crippen LogP contribution in [0.2, 0.25) is 0 Å². The summed E-state index contributed by atoms with van der Waals surface area (Å²) in [5.74, 6) is -2.65. The maximum atomic E-state index is 13.3. The van der Waals surface area contributed by atoms with Crippen molar-refractivity contribution in [3.63, 3.8) is 0 Å². The van der Waals surface area contributed by atoms with Crippen LogP contribution in [0.3, 0.4) is 0 Å². The molecule has 1 heterocycles. The van der Waals surface area contributed by atoms with Gasteiger partial charge in [0.05, 0.1) is 11.5 Å². The topological polar surface area (TPSA) is 93.2 Å². The minimum absolute atomic E-state index is 0.0101. The number of hydrogen-bond donors (Lipinski definition) is 1.